The van der Waals surface area contributed by atoms with Crippen molar-refractivity contribution >= 4 is 30.7 Å². The SMILES string of the molecule is Cl.Cl.NC[C@H]1CCC[C@H]1C(=O)NCc1ccccc1Cn1cncn1. The fourth-order valence-corrected chi connectivity index (χ4v) is 3.35. The molecular weight excluding hydrogens is 361 g/mol. The van der Waals surface area contributed by atoms with Gasteiger partial charge >= 0.3 is 0 Å². The fraction of sp³-hybridized carbons (Fsp3) is 0.471. The smallest absolute Gasteiger partial charge is 0.223 e. The van der Waals surface area contributed by atoms with Crippen LogP contribution in [0.5, 0.6) is 0 Å². The number of amides is 1. The van der Waals surface area contributed by atoms with Crippen LogP contribution in [0.15, 0.2) is 36.9 Å². The number of carbonyl (C=O) groups is 1. The average molecular weight is 386 g/mol. The number of rotatable bonds is 6. The average Bonchev–Trinajstić information content (AvgIpc) is 3.25. The molecule has 0 saturated heterocycles. The Morgan fingerprint density at radius 3 is 2.68 bits per heavy atom. The first-order valence-corrected chi connectivity index (χ1v) is 8.15. The van der Waals surface area contributed by atoms with Gasteiger partial charge in [-0.1, -0.05) is 30.7 Å². The second-order valence-corrected chi connectivity index (χ2v) is 6.11. The molecule has 8 heteroatoms. The molecule has 138 valence electrons. The number of hydrogen-bond acceptors (Lipinski definition) is 4. The van der Waals surface area contributed by atoms with Crippen molar-refractivity contribution in [3.05, 3.63) is 48.0 Å². The van der Waals surface area contributed by atoms with Gasteiger partial charge in [-0.05, 0) is 36.4 Å². The number of halogens is 2. The van der Waals surface area contributed by atoms with Gasteiger partial charge in [-0.2, -0.15) is 5.10 Å². The minimum atomic E-state index is 0. The Bertz CT molecular complexity index is 650. The molecule has 2 aromatic rings. The van der Waals surface area contributed by atoms with Crippen molar-refractivity contribution < 1.29 is 4.79 Å². The van der Waals surface area contributed by atoms with Crippen LogP contribution < -0.4 is 11.1 Å². The van der Waals surface area contributed by atoms with Gasteiger partial charge in [0.1, 0.15) is 12.7 Å². The molecule has 3 N–H and O–H groups in total. The van der Waals surface area contributed by atoms with Crippen molar-refractivity contribution in [1.29, 1.82) is 0 Å². The van der Waals surface area contributed by atoms with E-state index in [0.29, 0.717) is 25.6 Å². The Balaban J connectivity index is 0.00000156. The van der Waals surface area contributed by atoms with E-state index >= 15 is 0 Å². The fourth-order valence-electron chi connectivity index (χ4n) is 3.35. The summed E-state index contributed by atoms with van der Waals surface area (Å²) in [6, 6.07) is 8.09. The Kier molecular flexibility index (Phi) is 8.89. The number of benzene rings is 1. The quantitative estimate of drug-likeness (QED) is 0.797. The highest BCUT2D eigenvalue weighted by atomic mass is 35.5. The number of carbonyl (C=O) groups excluding carboxylic acids is 1. The maximum Gasteiger partial charge on any atom is 0.223 e. The molecular formula is C17H25Cl2N5O. The van der Waals surface area contributed by atoms with E-state index in [1.807, 2.05) is 18.2 Å². The highest BCUT2D eigenvalue weighted by Gasteiger charge is 2.31. The summed E-state index contributed by atoms with van der Waals surface area (Å²) in [4.78, 5) is 16.4. The molecule has 1 aromatic carbocycles. The zero-order valence-corrected chi connectivity index (χ0v) is 15.6. The first-order chi connectivity index (χ1) is 11.3. The molecule has 1 aromatic heterocycles. The molecule has 1 saturated carbocycles. The highest BCUT2D eigenvalue weighted by molar-refractivity contribution is 5.85. The van der Waals surface area contributed by atoms with Crippen molar-refractivity contribution in [2.24, 2.45) is 17.6 Å². The highest BCUT2D eigenvalue weighted by Crippen LogP contribution is 2.31. The Hall–Kier alpha value is -1.63. The van der Waals surface area contributed by atoms with E-state index in [2.05, 4.69) is 21.5 Å². The second kappa shape index (κ2) is 10.4. The molecule has 0 radical (unpaired) electrons. The predicted molar refractivity (Wildman–Crippen MR) is 102 cm³/mol. The van der Waals surface area contributed by atoms with Crippen LogP contribution in [0, 0.1) is 11.8 Å². The summed E-state index contributed by atoms with van der Waals surface area (Å²) in [5.41, 5.74) is 8.02. The first-order valence-electron chi connectivity index (χ1n) is 8.15. The molecule has 25 heavy (non-hydrogen) atoms. The molecule has 1 amide bonds. The molecule has 0 spiro atoms. The van der Waals surface area contributed by atoms with E-state index in [-0.39, 0.29) is 36.6 Å². The van der Waals surface area contributed by atoms with Crippen LogP contribution in [0.2, 0.25) is 0 Å². The third-order valence-corrected chi connectivity index (χ3v) is 4.67. The maximum absolute atomic E-state index is 12.4. The van der Waals surface area contributed by atoms with Crippen LogP contribution in [0.25, 0.3) is 0 Å². The number of nitrogens with zero attached hydrogens (tertiary/aromatic N) is 3. The number of nitrogens with one attached hydrogen (secondary N) is 1. The summed E-state index contributed by atoms with van der Waals surface area (Å²) in [5.74, 6) is 0.538. The van der Waals surface area contributed by atoms with Crippen molar-refractivity contribution in [3.63, 3.8) is 0 Å². The van der Waals surface area contributed by atoms with Gasteiger partial charge in [-0.25, -0.2) is 9.67 Å². The van der Waals surface area contributed by atoms with Crippen molar-refractivity contribution in [3.8, 4) is 0 Å². The van der Waals surface area contributed by atoms with Gasteiger partial charge in [0.15, 0.2) is 0 Å². The minimum absolute atomic E-state index is 0. The molecule has 2 atom stereocenters. The molecule has 1 fully saturated rings. The van der Waals surface area contributed by atoms with Gasteiger partial charge in [0, 0.05) is 12.5 Å². The monoisotopic (exact) mass is 385 g/mol. The van der Waals surface area contributed by atoms with Gasteiger partial charge in [0.25, 0.3) is 0 Å². The molecule has 6 nitrogen and oxygen atoms in total. The summed E-state index contributed by atoms with van der Waals surface area (Å²) in [7, 11) is 0. The predicted octanol–water partition coefficient (Wildman–Crippen LogP) is 2.16. The first kappa shape index (κ1) is 21.4. The Morgan fingerprint density at radius 1 is 1.24 bits per heavy atom. The van der Waals surface area contributed by atoms with Crippen LogP contribution >= 0.6 is 24.8 Å². The largest absolute Gasteiger partial charge is 0.352 e. The van der Waals surface area contributed by atoms with Crippen LogP contribution in [0.3, 0.4) is 0 Å². The number of nitrogens with two attached hydrogens (primary N) is 1. The maximum atomic E-state index is 12.4. The Morgan fingerprint density at radius 2 is 2.00 bits per heavy atom. The van der Waals surface area contributed by atoms with Crippen LogP contribution in [0.4, 0.5) is 0 Å². The van der Waals surface area contributed by atoms with Crippen LogP contribution in [-0.2, 0) is 17.9 Å². The molecule has 1 aliphatic rings. The third-order valence-electron chi connectivity index (χ3n) is 4.67. The van der Waals surface area contributed by atoms with Crippen LogP contribution in [-0.4, -0.2) is 27.2 Å². The van der Waals surface area contributed by atoms with E-state index in [9.17, 15) is 4.79 Å². The summed E-state index contributed by atoms with van der Waals surface area (Å²) >= 11 is 0. The Labute approximate surface area is 160 Å². The van der Waals surface area contributed by atoms with Gasteiger partial charge in [0.05, 0.1) is 6.54 Å². The zero-order valence-electron chi connectivity index (χ0n) is 14.0. The van der Waals surface area contributed by atoms with Crippen molar-refractivity contribution in [2.45, 2.75) is 32.4 Å². The van der Waals surface area contributed by atoms with Crippen molar-refractivity contribution in [2.75, 3.05) is 6.54 Å². The second-order valence-electron chi connectivity index (χ2n) is 6.11. The summed E-state index contributed by atoms with van der Waals surface area (Å²) in [6.45, 7) is 1.79. The molecule has 1 heterocycles. The standard InChI is InChI=1S/C17H23N5O.2ClH/c18-8-13-6-3-7-16(13)17(23)20-9-14-4-1-2-5-15(14)10-22-12-19-11-21-22;;/h1-2,4-5,11-13,16H,3,6-10,18H2,(H,20,23);2*1H/t13-,16-;;/m1../s1. The van der Waals surface area contributed by atoms with Gasteiger partial charge in [-0.3, -0.25) is 4.79 Å². The zero-order chi connectivity index (χ0) is 16.1. The normalized spacial score (nSPS) is 18.9. The molecule has 1 aliphatic carbocycles. The topological polar surface area (TPSA) is 85.8 Å². The molecule has 3 rings (SSSR count). The summed E-state index contributed by atoms with van der Waals surface area (Å²) in [5, 5.41) is 7.22. The number of hydrogen-bond donors (Lipinski definition) is 2. The van der Waals surface area contributed by atoms with E-state index in [0.717, 1.165) is 30.4 Å². The summed E-state index contributed by atoms with van der Waals surface area (Å²) in [6.07, 6.45) is 6.34. The lowest BCUT2D eigenvalue weighted by Crippen LogP contribution is -2.34. The minimum Gasteiger partial charge on any atom is -0.352 e. The van der Waals surface area contributed by atoms with Crippen molar-refractivity contribution in [1.82, 2.24) is 20.1 Å². The van der Waals surface area contributed by atoms with Gasteiger partial charge in [0.2, 0.25) is 5.91 Å². The third kappa shape index (κ3) is 5.42. The lowest BCUT2D eigenvalue weighted by Gasteiger charge is -2.18. The van der Waals surface area contributed by atoms with E-state index in [1.165, 1.54) is 6.33 Å². The lowest BCUT2D eigenvalue weighted by atomic mass is 9.95. The lowest BCUT2D eigenvalue weighted by molar-refractivity contribution is -0.126. The van der Waals surface area contributed by atoms with E-state index in [1.54, 1.807) is 11.0 Å². The van der Waals surface area contributed by atoms with Gasteiger partial charge in [-0.15, -0.1) is 24.8 Å². The summed E-state index contributed by atoms with van der Waals surface area (Å²) < 4.78 is 1.78. The van der Waals surface area contributed by atoms with E-state index < -0.39 is 0 Å². The van der Waals surface area contributed by atoms with Gasteiger partial charge < -0.3 is 11.1 Å². The van der Waals surface area contributed by atoms with Crippen LogP contribution in [0.1, 0.15) is 30.4 Å². The molecule has 0 unspecified atom stereocenters. The molecule has 0 bridgehead atoms. The molecule has 0 aliphatic heterocycles. The van der Waals surface area contributed by atoms with E-state index in [4.69, 9.17) is 5.73 Å². The number of aromatic nitrogens is 3.